The molecule has 0 fully saturated rings. The van der Waals surface area contributed by atoms with E-state index >= 15 is 0 Å². The lowest BCUT2D eigenvalue weighted by molar-refractivity contribution is -0.389. The van der Waals surface area contributed by atoms with Crippen LogP contribution in [0.2, 0.25) is 0 Å². The fourth-order valence-corrected chi connectivity index (χ4v) is 4.53. The van der Waals surface area contributed by atoms with E-state index in [1.54, 1.807) is 4.57 Å². The van der Waals surface area contributed by atoms with Gasteiger partial charge >= 0.3 is 11.0 Å². The van der Waals surface area contributed by atoms with Crippen molar-refractivity contribution in [1.29, 1.82) is 0 Å². The van der Waals surface area contributed by atoms with Gasteiger partial charge in [0.1, 0.15) is 28.5 Å². The van der Waals surface area contributed by atoms with Crippen LogP contribution >= 0.6 is 0 Å². The summed E-state index contributed by atoms with van der Waals surface area (Å²) < 4.78 is 25.2. The summed E-state index contributed by atoms with van der Waals surface area (Å²) in [6.07, 6.45) is 1.32. The molecule has 0 saturated carbocycles. The van der Waals surface area contributed by atoms with Gasteiger partial charge in [0.2, 0.25) is 0 Å². The van der Waals surface area contributed by atoms with Gasteiger partial charge in [0, 0.05) is 6.54 Å². The summed E-state index contributed by atoms with van der Waals surface area (Å²) in [4.78, 5) is 14.1. The van der Waals surface area contributed by atoms with Gasteiger partial charge in [-0.3, -0.25) is 4.57 Å². The van der Waals surface area contributed by atoms with Crippen molar-refractivity contribution in [3.63, 3.8) is 0 Å². The molecule has 2 atom stereocenters. The van der Waals surface area contributed by atoms with Gasteiger partial charge in [0.15, 0.2) is 0 Å². The van der Waals surface area contributed by atoms with Crippen molar-refractivity contribution in [2.24, 2.45) is 0 Å². The smallest absolute Gasteiger partial charge is 0.383 e. The molecule has 29 heavy (non-hydrogen) atoms. The minimum Gasteiger partial charge on any atom is -0.457 e. The van der Waals surface area contributed by atoms with E-state index in [-0.39, 0.29) is 17.6 Å². The summed E-state index contributed by atoms with van der Waals surface area (Å²) in [6, 6.07) is 17.1. The highest BCUT2D eigenvalue weighted by atomic mass is 32.2. The second kappa shape index (κ2) is 7.76. The predicted octanol–water partition coefficient (Wildman–Crippen LogP) is 3.68. The van der Waals surface area contributed by atoms with Crippen molar-refractivity contribution in [2.45, 2.75) is 30.0 Å². The topological polar surface area (TPSA) is 96.5 Å². The van der Waals surface area contributed by atoms with E-state index in [1.165, 1.54) is 6.20 Å². The van der Waals surface area contributed by atoms with E-state index in [0.29, 0.717) is 13.2 Å². The number of hydrogen-bond acceptors (Lipinski definition) is 6. The molecule has 0 amide bonds. The number of benzene rings is 2. The zero-order valence-electron chi connectivity index (χ0n) is 15.7. The van der Waals surface area contributed by atoms with Crippen molar-refractivity contribution in [3.8, 4) is 11.5 Å². The maximum absolute atomic E-state index is 12.7. The fourth-order valence-electron chi connectivity index (χ4n) is 3.14. The van der Waals surface area contributed by atoms with Crippen LogP contribution in [0.1, 0.15) is 12.5 Å². The molecule has 1 aliphatic heterocycles. The quantitative estimate of drug-likeness (QED) is 0.433. The highest BCUT2D eigenvalue weighted by molar-refractivity contribution is 7.86. The molecule has 0 radical (unpaired) electrons. The Morgan fingerprint density at radius 3 is 2.52 bits per heavy atom. The Labute approximate surface area is 169 Å². The zero-order chi connectivity index (χ0) is 20.4. The summed E-state index contributed by atoms with van der Waals surface area (Å²) in [5, 5.41) is 11.1. The molecule has 2 heterocycles. The third kappa shape index (κ3) is 4.06. The Morgan fingerprint density at radius 1 is 1.17 bits per heavy atom. The highest BCUT2D eigenvalue weighted by Crippen LogP contribution is 2.33. The second-order valence-electron chi connectivity index (χ2n) is 7.04. The van der Waals surface area contributed by atoms with Gasteiger partial charge in [-0.25, -0.2) is 4.21 Å². The molecule has 0 bridgehead atoms. The number of imidazole rings is 1. The summed E-state index contributed by atoms with van der Waals surface area (Å²) in [7, 11) is -1.48. The van der Waals surface area contributed by atoms with Gasteiger partial charge in [-0.1, -0.05) is 30.3 Å². The Balaban J connectivity index is 1.32. The normalized spacial score (nSPS) is 20.4. The van der Waals surface area contributed by atoms with Crippen LogP contribution in [0.15, 0.2) is 66.0 Å². The Morgan fingerprint density at radius 2 is 1.86 bits per heavy atom. The molecule has 0 aliphatic carbocycles. The van der Waals surface area contributed by atoms with Crippen molar-refractivity contribution < 1.29 is 18.6 Å². The third-order valence-electron chi connectivity index (χ3n) is 4.61. The number of rotatable bonds is 7. The minimum absolute atomic E-state index is 0.227. The van der Waals surface area contributed by atoms with Crippen LogP contribution < -0.4 is 4.74 Å². The maximum Gasteiger partial charge on any atom is 0.383 e. The monoisotopic (exact) mass is 413 g/mol. The van der Waals surface area contributed by atoms with Crippen LogP contribution in [0.5, 0.6) is 11.5 Å². The van der Waals surface area contributed by atoms with Crippen molar-refractivity contribution in [3.05, 3.63) is 76.5 Å². The van der Waals surface area contributed by atoms with Gasteiger partial charge in [-0.15, -0.1) is 0 Å². The van der Waals surface area contributed by atoms with Gasteiger partial charge in [0.25, 0.3) is 0 Å². The molecule has 2 unspecified atom stereocenters. The molecule has 0 spiro atoms. The molecule has 2 aromatic carbocycles. The summed E-state index contributed by atoms with van der Waals surface area (Å²) in [5.41, 5.74) is 0.964. The number of hydrogen-bond donors (Lipinski definition) is 0. The summed E-state index contributed by atoms with van der Waals surface area (Å²) in [6.45, 7) is 2.81. The van der Waals surface area contributed by atoms with Crippen LogP contribution in [0.3, 0.4) is 0 Å². The first-order valence-corrected chi connectivity index (χ1v) is 10.1. The van der Waals surface area contributed by atoms with E-state index in [2.05, 4.69) is 4.98 Å². The molecule has 0 N–H and O–H groups in total. The SMILES string of the molecule is CC1(COCc2ccc(Oc3ccccc3)cc2)Cn2cc([N+](=O)[O-])nc2S1=O. The second-order valence-corrected chi connectivity index (χ2v) is 8.93. The maximum atomic E-state index is 12.7. The number of ether oxygens (including phenoxy) is 2. The molecule has 0 saturated heterocycles. The molecular formula is C20H19N3O5S. The summed E-state index contributed by atoms with van der Waals surface area (Å²) >= 11 is 0. The predicted molar refractivity (Wildman–Crippen MR) is 106 cm³/mol. The molecule has 1 aromatic heterocycles. The Bertz CT molecular complexity index is 1050. The fraction of sp³-hybridized carbons (Fsp3) is 0.250. The van der Waals surface area contributed by atoms with Gasteiger partial charge in [-0.05, 0) is 46.7 Å². The molecule has 9 heteroatoms. The molecular weight excluding hydrogens is 394 g/mol. The standard InChI is InChI=1S/C20H19N3O5S/c1-20(13-22-11-18(23(24)25)21-19(22)29(20)26)14-27-12-15-7-9-17(10-8-15)28-16-5-3-2-4-6-16/h2-11H,12-14H2,1H3. The first-order chi connectivity index (χ1) is 13.9. The van der Waals surface area contributed by atoms with Crippen LogP contribution in [-0.4, -0.2) is 30.0 Å². The first kappa shape index (κ1) is 19.3. The largest absolute Gasteiger partial charge is 0.457 e. The van der Waals surface area contributed by atoms with Gasteiger partial charge < -0.3 is 19.6 Å². The Kier molecular flexibility index (Phi) is 5.16. The average Bonchev–Trinajstić information content (AvgIpc) is 3.22. The van der Waals surface area contributed by atoms with E-state index in [0.717, 1.165) is 17.1 Å². The van der Waals surface area contributed by atoms with Crippen molar-refractivity contribution in [1.82, 2.24) is 9.55 Å². The lowest BCUT2D eigenvalue weighted by Gasteiger charge is -2.20. The van der Waals surface area contributed by atoms with Crippen molar-refractivity contribution in [2.75, 3.05) is 6.61 Å². The molecule has 1 aliphatic rings. The zero-order valence-corrected chi connectivity index (χ0v) is 16.5. The molecule has 150 valence electrons. The van der Waals surface area contributed by atoms with Gasteiger partial charge in [-0.2, -0.15) is 0 Å². The van der Waals surface area contributed by atoms with E-state index in [1.807, 2.05) is 61.5 Å². The molecule has 3 aromatic rings. The lowest BCUT2D eigenvalue weighted by atomic mass is 10.2. The van der Waals surface area contributed by atoms with Crippen LogP contribution in [-0.2, 0) is 28.7 Å². The number of para-hydroxylation sites is 1. The number of fused-ring (bicyclic) bond motifs is 1. The number of nitrogens with zero attached hydrogens (tertiary/aromatic N) is 3. The lowest BCUT2D eigenvalue weighted by Crippen LogP contribution is -2.35. The Hall–Kier alpha value is -3.04. The van der Waals surface area contributed by atoms with Crippen LogP contribution in [0.25, 0.3) is 0 Å². The number of nitro groups is 1. The first-order valence-electron chi connectivity index (χ1n) is 8.98. The van der Waals surface area contributed by atoms with Gasteiger partial charge in [0.05, 0.1) is 18.0 Å². The van der Waals surface area contributed by atoms with E-state index in [4.69, 9.17) is 9.47 Å². The van der Waals surface area contributed by atoms with Crippen molar-refractivity contribution >= 4 is 16.6 Å². The number of aromatic nitrogens is 2. The van der Waals surface area contributed by atoms with Crippen LogP contribution in [0.4, 0.5) is 5.82 Å². The summed E-state index contributed by atoms with van der Waals surface area (Å²) in [5.74, 6) is 1.22. The molecule has 8 nitrogen and oxygen atoms in total. The van der Waals surface area contributed by atoms with E-state index in [9.17, 15) is 14.3 Å². The van der Waals surface area contributed by atoms with Crippen LogP contribution in [0, 0.1) is 10.1 Å². The highest BCUT2D eigenvalue weighted by Gasteiger charge is 2.46. The molecule has 4 rings (SSSR count). The minimum atomic E-state index is -1.48. The third-order valence-corrected chi connectivity index (χ3v) is 6.41. The average molecular weight is 413 g/mol. The van der Waals surface area contributed by atoms with E-state index < -0.39 is 20.5 Å².